The van der Waals surface area contributed by atoms with Gasteiger partial charge in [-0.1, -0.05) is 13.3 Å². The third kappa shape index (κ3) is 2.97. The number of hydrogen-bond donors (Lipinski definition) is 0. The molecule has 3 heteroatoms. The maximum atomic E-state index is 12.1. The monoisotopic (exact) mass is 234 g/mol. The van der Waals surface area contributed by atoms with Crippen molar-refractivity contribution in [2.45, 2.75) is 38.6 Å². The molecule has 17 heavy (non-hydrogen) atoms. The average Bonchev–Trinajstić information content (AvgIpc) is 2.77. The number of carbonyl (C=O) groups excluding carboxylic acids is 1. The van der Waals surface area contributed by atoms with Crippen LogP contribution in [0.25, 0.3) is 0 Å². The van der Waals surface area contributed by atoms with Gasteiger partial charge in [0.25, 0.3) is 0 Å². The lowest BCUT2D eigenvalue weighted by atomic mass is 9.99. The summed E-state index contributed by atoms with van der Waals surface area (Å²) in [4.78, 5) is 14.5. The van der Waals surface area contributed by atoms with Crippen LogP contribution in [0.5, 0.6) is 0 Å². The zero-order valence-corrected chi connectivity index (χ0v) is 10.9. The lowest BCUT2D eigenvalue weighted by molar-refractivity contribution is 0.0838. The molecule has 0 radical (unpaired) electrons. The number of Topliss-reactive ketones (excluding diaryl/α,β-unsaturated/α-hetero) is 1. The molecule has 0 amide bonds. The summed E-state index contributed by atoms with van der Waals surface area (Å²) in [5, 5.41) is 0. The highest BCUT2D eigenvalue weighted by Gasteiger charge is 2.23. The van der Waals surface area contributed by atoms with Crippen molar-refractivity contribution in [1.29, 1.82) is 0 Å². The zero-order valence-electron chi connectivity index (χ0n) is 10.9. The predicted octanol–water partition coefficient (Wildman–Crippen LogP) is 2.47. The van der Waals surface area contributed by atoms with Gasteiger partial charge in [0.05, 0.1) is 6.54 Å². The summed E-state index contributed by atoms with van der Waals surface area (Å²) in [6, 6.07) is 2.52. The molecule has 0 aliphatic carbocycles. The minimum atomic E-state index is 0.256. The molecule has 94 valence electrons. The number of aryl methyl sites for hydroxylation is 1. The molecule has 0 N–H and O–H groups in total. The van der Waals surface area contributed by atoms with Gasteiger partial charge in [-0.05, 0) is 31.9 Å². The summed E-state index contributed by atoms with van der Waals surface area (Å²) in [5.41, 5.74) is 0.841. The lowest BCUT2D eigenvalue weighted by Crippen LogP contribution is -2.42. The van der Waals surface area contributed by atoms with E-state index in [1.807, 2.05) is 30.1 Å². The summed E-state index contributed by atoms with van der Waals surface area (Å²) in [5.74, 6) is 0.256. The van der Waals surface area contributed by atoms with E-state index in [1.165, 1.54) is 19.3 Å². The van der Waals surface area contributed by atoms with Crippen molar-refractivity contribution < 1.29 is 4.79 Å². The first-order valence-corrected chi connectivity index (χ1v) is 6.60. The molecule has 0 saturated carbocycles. The van der Waals surface area contributed by atoms with E-state index in [4.69, 9.17) is 0 Å². The number of ketones is 1. The van der Waals surface area contributed by atoms with Crippen molar-refractivity contribution in [3.8, 4) is 0 Å². The molecule has 1 aromatic rings. The van der Waals surface area contributed by atoms with Crippen LogP contribution in [0.3, 0.4) is 0 Å². The molecule has 1 unspecified atom stereocenters. The third-order valence-electron chi connectivity index (χ3n) is 3.72. The Bertz CT molecular complexity index is 383. The first kappa shape index (κ1) is 12.4. The van der Waals surface area contributed by atoms with Crippen LogP contribution in [0.15, 0.2) is 18.5 Å². The molecule has 1 aliphatic heterocycles. The number of likely N-dealkylation sites (tertiary alicyclic amines) is 1. The van der Waals surface area contributed by atoms with Gasteiger partial charge in [0, 0.05) is 31.0 Å². The maximum absolute atomic E-state index is 12.1. The van der Waals surface area contributed by atoms with Gasteiger partial charge in [-0.3, -0.25) is 9.69 Å². The smallest absolute Gasteiger partial charge is 0.178 e. The highest BCUT2D eigenvalue weighted by Crippen LogP contribution is 2.19. The first-order valence-electron chi connectivity index (χ1n) is 6.60. The van der Waals surface area contributed by atoms with Crippen LogP contribution >= 0.6 is 0 Å². The number of nitrogens with zero attached hydrogens (tertiary/aromatic N) is 2. The average molecular weight is 234 g/mol. The molecule has 1 atom stereocenters. The SMILES string of the molecule is CCC1CCCCN1CC(=O)c1ccn(C)c1. The Morgan fingerprint density at radius 3 is 2.94 bits per heavy atom. The summed E-state index contributed by atoms with van der Waals surface area (Å²) < 4.78 is 1.93. The van der Waals surface area contributed by atoms with Crippen LogP contribution in [0.1, 0.15) is 43.0 Å². The van der Waals surface area contributed by atoms with E-state index < -0.39 is 0 Å². The Kier molecular flexibility index (Phi) is 4.00. The second-order valence-electron chi connectivity index (χ2n) is 5.02. The highest BCUT2D eigenvalue weighted by molar-refractivity contribution is 5.97. The second-order valence-corrected chi connectivity index (χ2v) is 5.02. The molecule has 0 bridgehead atoms. The summed E-state index contributed by atoms with van der Waals surface area (Å²) >= 11 is 0. The van der Waals surface area contributed by atoms with Gasteiger partial charge in [-0.25, -0.2) is 0 Å². The van der Waals surface area contributed by atoms with E-state index in [-0.39, 0.29) is 5.78 Å². The fourth-order valence-corrected chi connectivity index (χ4v) is 2.67. The zero-order chi connectivity index (χ0) is 12.3. The topological polar surface area (TPSA) is 25.2 Å². The van der Waals surface area contributed by atoms with Gasteiger partial charge in [0.1, 0.15) is 0 Å². The number of carbonyl (C=O) groups is 1. The van der Waals surface area contributed by atoms with Gasteiger partial charge >= 0.3 is 0 Å². The number of rotatable bonds is 4. The fraction of sp³-hybridized carbons (Fsp3) is 0.643. The molecule has 1 fully saturated rings. The van der Waals surface area contributed by atoms with Crippen LogP contribution in [-0.2, 0) is 7.05 Å². The number of piperidine rings is 1. The van der Waals surface area contributed by atoms with Crippen molar-refractivity contribution in [2.75, 3.05) is 13.1 Å². The maximum Gasteiger partial charge on any atom is 0.178 e. The Morgan fingerprint density at radius 1 is 1.47 bits per heavy atom. The van der Waals surface area contributed by atoms with Crippen molar-refractivity contribution >= 4 is 5.78 Å². The van der Waals surface area contributed by atoms with Gasteiger partial charge in [0.2, 0.25) is 0 Å². The van der Waals surface area contributed by atoms with E-state index in [0.29, 0.717) is 12.6 Å². The molecule has 1 aliphatic rings. The standard InChI is InChI=1S/C14H22N2O/c1-3-13-6-4-5-8-16(13)11-14(17)12-7-9-15(2)10-12/h7,9-10,13H,3-6,8,11H2,1-2H3. The summed E-state index contributed by atoms with van der Waals surface area (Å²) in [7, 11) is 1.95. The second kappa shape index (κ2) is 5.50. The minimum Gasteiger partial charge on any atom is -0.357 e. The largest absolute Gasteiger partial charge is 0.357 e. The minimum absolute atomic E-state index is 0.256. The van der Waals surface area contributed by atoms with Gasteiger partial charge < -0.3 is 4.57 Å². The molecule has 2 rings (SSSR count). The van der Waals surface area contributed by atoms with Crippen molar-refractivity contribution in [3.63, 3.8) is 0 Å². The molecule has 1 saturated heterocycles. The Balaban J connectivity index is 1.97. The van der Waals surface area contributed by atoms with Gasteiger partial charge in [-0.2, -0.15) is 0 Å². The van der Waals surface area contributed by atoms with E-state index in [9.17, 15) is 4.79 Å². The molecular weight excluding hydrogens is 212 g/mol. The Morgan fingerprint density at radius 2 is 2.29 bits per heavy atom. The Labute approximate surface area is 103 Å². The van der Waals surface area contributed by atoms with Gasteiger partial charge in [0.15, 0.2) is 5.78 Å². The quantitative estimate of drug-likeness (QED) is 0.748. The van der Waals surface area contributed by atoms with Crippen LogP contribution in [0.4, 0.5) is 0 Å². The molecule has 0 aromatic carbocycles. The van der Waals surface area contributed by atoms with Crippen LogP contribution in [0, 0.1) is 0 Å². The van der Waals surface area contributed by atoms with Gasteiger partial charge in [-0.15, -0.1) is 0 Å². The molecule has 2 heterocycles. The van der Waals surface area contributed by atoms with E-state index in [0.717, 1.165) is 18.5 Å². The van der Waals surface area contributed by atoms with Crippen molar-refractivity contribution in [2.24, 2.45) is 7.05 Å². The summed E-state index contributed by atoms with van der Waals surface area (Å²) in [6.45, 7) is 3.88. The molecular formula is C14H22N2O. The number of hydrogen-bond acceptors (Lipinski definition) is 2. The molecule has 1 aromatic heterocycles. The summed E-state index contributed by atoms with van der Waals surface area (Å²) in [6.07, 6.45) is 8.79. The highest BCUT2D eigenvalue weighted by atomic mass is 16.1. The van der Waals surface area contributed by atoms with Crippen LogP contribution < -0.4 is 0 Å². The third-order valence-corrected chi connectivity index (χ3v) is 3.72. The van der Waals surface area contributed by atoms with Crippen LogP contribution in [0.2, 0.25) is 0 Å². The molecule has 0 spiro atoms. The predicted molar refractivity (Wildman–Crippen MR) is 69.2 cm³/mol. The lowest BCUT2D eigenvalue weighted by Gasteiger charge is -2.34. The fourth-order valence-electron chi connectivity index (χ4n) is 2.67. The first-order chi connectivity index (χ1) is 8.20. The Hall–Kier alpha value is -1.09. The van der Waals surface area contributed by atoms with Crippen molar-refractivity contribution in [3.05, 3.63) is 24.0 Å². The van der Waals surface area contributed by atoms with E-state index in [2.05, 4.69) is 11.8 Å². The normalized spacial score (nSPS) is 21.6. The van der Waals surface area contributed by atoms with Crippen molar-refractivity contribution in [1.82, 2.24) is 9.47 Å². The van der Waals surface area contributed by atoms with E-state index in [1.54, 1.807) is 0 Å². The van der Waals surface area contributed by atoms with Crippen LogP contribution in [-0.4, -0.2) is 34.4 Å². The van der Waals surface area contributed by atoms with E-state index >= 15 is 0 Å². The number of aromatic nitrogens is 1. The molecule has 3 nitrogen and oxygen atoms in total.